The molecular formula is C14H17ClFNO. The second-order valence-electron chi connectivity index (χ2n) is 5.14. The van der Waals surface area contributed by atoms with Crippen LogP contribution >= 0.6 is 11.6 Å². The zero-order valence-corrected chi connectivity index (χ0v) is 11.2. The molecule has 0 amide bonds. The van der Waals surface area contributed by atoms with E-state index in [1.54, 1.807) is 12.1 Å². The molecule has 0 bridgehead atoms. The number of benzene rings is 1. The molecule has 1 heterocycles. The number of hydrogen-bond acceptors (Lipinski definition) is 2. The van der Waals surface area contributed by atoms with E-state index in [1.165, 1.54) is 6.07 Å². The zero-order chi connectivity index (χ0) is 13.2. The predicted octanol–water partition coefficient (Wildman–Crippen LogP) is 2.98. The van der Waals surface area contributed by atoms with Crippen LogP contribution in [-0.2, 0) is 11.2 Å². The minimum atomic E-state index is -0.400. The topological polar surface area (TPSA) is 29.1 Å². The van der Waals surface area contributed by atoms with E-state index in [2.05, 4.69) is 5.32 Å². The van der Waals surface area contributed by atoms with Crippen LogP contribution in [-0.4, -0.2) is 18.9 Å². The Bertz CT molecular complexity index is 435. The van der Waals surface area contributed by atoms with Crippen molar-refractivity contribution in [1.82, 2.24) is 5.32 Å². The third-order valence-corrected chi connectivity index (χ3v) is 4.02. The molecule has 1 atom stereocenters. The molecule has 1 aromatic rings. The lowest BCUT2D eigenvalue weighted by atomic mass is 9.77. The number of piperidine rings is 1. The van der Waals surface area contributed by atoms with Gasteiger partial charge in [0.25, 0.3) is 0 Å². The largest absolute Gasteiger partial charge is 0.316 e. The highest BCUT2D eigenvalue weighted by molar-refractivity contribution is 6.31. The molecule has 0 spiro atoms. The Labute approximate surface area is 112 Å². The molecule has 0 saturated carbocycles. The van der Waals surface area contributed by atoms with Gasteiger partial charge in [0.05, 0.1) is 0 Å². The number of carbonyl (C=O) groups is 1. The van der Waals surface area contributed by atoms with Gasteiger partial charge >= 0.3 is 0 Å². The molecule has 1 N–H and O–H groups in total. The molecule has 0 radical (unpaired) electrons. The Morgan fingerprint density at radius 2 is 2.33 bits per heavy atom. The number of Topliss-reactive ketones (excluding diaryl/α,β-unsaturated/α-hetero) is 1. The first-order valence-electron chi connectivity index (χ1n) is 6.20. The quantitative estimate of drug-likeness (QED) is 0.914. The lowest BCUT2D eigenvalue weighted by molar-refractivity contribution is -0.128. The van der Waals surface area contributed by atoms with Crippen molar-refractivity contribution in [1.29, 1.82) is 0 Å². The second kappa shape index (κ2) is 5.37. The predicted molar refractivity (Wildman–Crippen MR) is 70.3 cm³/mol. The van der Waals surface area contributed by atoms with E-state index in [0.29, 0.717) is 17.1 Å². The summed E-state index contributed by atoms with van der Waals surface area (Å²) in [5.74, 6) is -0.343. The van der Waals surface area contributed by atoms with Crippen molar-refractivity contribution < 1.29 is 9.18 Å². The minimum Gasteiger partial charge on any atom is -0.316 e. The molecule has 1 fully saturated rings. The van der Waals surface area contributed by atoms with Gasteiger partial charge in [-0.05, 0) is 31.5 Å². The first kappa shape index (κ1) is 13.5. The van der Waals surface area contributed by atoms with Crippen LogP contribution in [0.5, 0.6) is 0 Å². The van der Waals surface area contributed by atoms with E-state index in [9.17, 15) is 9.18 Å². The maximum absolute atomic E-state index is 13.7. The van der Waals surface area contributed by atoms with Crippen LogP contribution in [0.4, 0.5) is 4.39 Å². The molecule has 1 saturated heterocycles. The Morgan fingerprint density at radius 3 is 2.94 bits per heavy atom. The Kier molecular flexibility index (Phi) is 4.03. The van der Waals surface area contributed by atoms with Crippen LogP contribution in [0.2, 0.25) is 5.02 Å². The van der Waals surface area contributed by atoms with E-state index in [4.69, 9.17) is 11.6 Å². The number of rotatable bonds is 3. The third kappa shape index (κ3) is 2.73. The molecule has 2 nitrogen and oxygen atoms in total. The highest BCUT2D eigenvalue weighted by Crippen LogP contribution is 2.30. The standard InChI is InChI=1S/C14H17ClFNO/c1-14(6-3-7-17-9-14)13(18)8-10-11(15)4-2-5-12(10)16/h2,4-5,17H,3,6-9H2,1H3. The fourth-order valence-corrected chi connectivity index (χ4v) is 2.60. The Morgan fingerprint density at radius 1 is 1.56 bits per heavy atom. The summed E-state index contributed by atoms with van der Waals surface area (Å²) in [5, 5.41) is 3.55. The van der Waals surface area contributed by atoms with Crippen molar-refractivity contribution in [3.05, 3.63) is 34.6 Å². The van der Waals surface area contributed by atoms with Gasteiger partial charge < -0.3 is 5.32 Å². The molecule has 4 heteroatoms. The van der Waals surface area contributed by atoms with Crippen LogP contribution < -0.4 is 5.32 Å². The summed E-state index contributed by atoms with van der Waals surface area (Å²) in [6.07, 6.45) is 1.90. The molecule has 18 heavy (non-hydrogen) atoms. The lowest BCUT2D eigenvalue weighted by Crippen LogP contribution is -2.44. The van der Waals surface area contributed by atoms with Crippen LogP contribution in [0.15, 0.2) is 18.2 Å². The lowest BCUT2D eigenvalue weighted by Gasteiger charge is -2.32. The normalized spacial score (nSPS) is 23.9. The minimum absolute atomic E-state index is 0.0571. The fourth-order valence-electron chi connectivity index (χ4n) is 2.37. The number of halogens is 2. The molecule has 1 aromatic carbocycles. The smallest absolute Gasteiger partial charge is 0.144 e. The van der Waals surface area contributed by atoms with Gasteiger partial charge in [-0.2, -0.15) is 0 Å². The Hall–Kier alpha value is -0.930. The van der Waals surface area contributed by atoms with Crippen molar-refractivity contribution in [2.45, 2.75) is 26.2 Å². The van der Waals surface area contributed by atoms with E-state index in [1.807, 2.05) is 6.92 Å². The first-order valence-corrected chi connectivity index (χ1v) is 6.58. The summed E-state index contributed by atoms with van der Waals surface area (Å²) in [6.45, 7) is 3.55. The van der Waals surface area contributed by atoms with Gasteiger partial charge in [-0.1, -0.05) is 24.6 Å². The number of nitrogens with one attached hydrogen (secondary N) is 1. The number of hydrogen-bond donors (Lipinski definition) is 1. The number of ketones is 1. The summed E-state index contributed by atoms with van der Waals surface area (Å²) >= 11 is 5.95. The molecule has 1 aliphatic heterocycles. The molecule has 2 rings (SSSR count). The SMILES string of the molecule is CC1(C(=O)Cc2c(F)cccc2Cl)CCCNC1. The van der Waals surface area contributed by atoms with Crippen LogP contribution in [0.3, 0.4) is 0 Å². The maximum Gasteiger partial charge on any atom is 0.144 e. The summed E-state index contributed by atoms with van der Waals surface area (Å²) in [7, 11) is 0. The summed E-state index contributed by atoms with van der Waals surface area (Å²) in [4.78, 5) is 12.3. The first-order chi connectivity index (χ1) is 8.53. The second-order valence-corrected chi connectivity index (χ2v) is 5.55. The van der Waals surface area contributed by atoms with Crippen LogP contribution in [0, 0.1) is 11.2 Å². The van der Waals surface area contributed by atoms with E-state index in [-0.39, 0.29) is 12.2 Å². The molecule has 0 aliphatic carbocycles. The molecule has 98 valence electrons. The monoisotopic (exact) mass is 269 g/mol. The summed E-state index contributed by atoms with van der Waals surface area (Å²) in [5.41, 5.74) is -0.0832. The van der Waals surface area contributed by atoms with E-state index >= 15 is 0 Å². The van der Waals surface area contributed by atoms with Crippen LogP contribution in [0.25, 0.3) is 0 Å². The van der Waals surface area contributed by atoms with E-state index < -0.39 is 11.2 Å². The van der Waals surface area contributed by atoms with Gasteiger partial charge in [0.1, 0.15) is 11.6 Å². The van der Waals surface area contributed by atoms with Gasteiger partial charge in [0, 0.05) is 29.0 Å². The van der Waals surface area contributed by atoms with Gasteiger partial charge in [0.2, 0.25) is 0 Å². The van der Waals surface area contributed by atoms with Gasteiger partial charge in [-0.15, -0.1) is 0 Å². The molecule has 1 aliphatic rings. The van der Waals surface area contributed by atoms with Gasteiger partial charge in [-0.25, -0.2) is 4.39 Å². The fraction of sp³-hybridized carbons (Fsp3) is 0.500. The van der Waals surface area contributed by atoms with Crippen molar-refractivity contribution in [2.75, 3.05) is 13.1 Å². The average molecular weight is 270 g/mol. The summed E-state index contributed by atoms with van der Waals surface area (Å²) in [6, 6.07) is 4.51. The molecule has 0 aromatic heterocycles. The van der Waals surface area contributed by atoms with Crippen LogP contribution in [0.1, 0.15) is 25.3 Å². The maximum atomic E-state index is 13.7. The van der Waals surface area contributed by atoms with Crippen molar-refractivity contribution in [2.24, 2.45) is 5.41 Å². The summed E-state index contributed by atoms with van der Waals surface area (Å²) < 4.78 is 13.7. The number of carbonyl (C=O) groups excluding carboxylic acids is 1. The van der Waals surface area contributed by atoms with Gasteiger partial charge in [-0.3, -0.25) is 4.79 Å². The average Bonchev–Trinajstić information content (AvgIpc) is 2.34. The molecular weight excluding hydrogens is 253 g/mol. The Balaban J connectivity index is 2.16. The highest BCUT2D eigenvalue weighted by Gasteiger charge is 2.34. The highest BCUT2D eigenvalue weighted by atomic mass is 35.5. The third-order valence-electron chi connectivity index (χ3n) is 3.67. The van der Waals surface area contributed by atoms with Crippen molar-refractivity contribution >= 4 is 17.4 Å². The zero-order valence-electron chi connectivity index (χ0n) is 10.4. The van der Waals surface area contributed by atoms with E-state index in [0.717, 1.165) is 19.4 Å². The van der Waals surface area contributed by atoms with Crippen molar-refractivity contribution in [3.63, 3.8) is 0 Å². The van der Waals surface area contributed by atoms with Crippen molar-refractivity contribution in [3.8, 4) is 0 Å². The molecule has 1 unspecified atom stereocenters. The van der Waals surface area contributed by atoms with Gasteiger partial charge in [0.15, 0.2) is 0 Å².